The predicted octanol–water partition coefficient (Wildman–Crippen LogP) is 3.80. The van der Waals surface area contributed by atoms with Gasteiger partial charge in [0, 0.05) is 10.6 Å². The first-order valence-corrected chi connectivity index (χ1v) is 6.66. The quantitative estimate of drug-likeness (QED) is 0.652. The second-order valence-electron chi connectivity index (χ2n) is 4.52. The molecule has 3 N–H and O–H groups in total. The van der Waals surface area contributed by atoms with Gasteiger partial charge >= 0.3 is 6.61 Å². The van der Waals surface area contributed by atoms with E-state index in [4.69, 9.17) is 17.4 Å². The summed E-state index contributed by atoms with van der Waals surface area (Å²) in [7, 11) is 0. The molecule has 1 unspecified atom stereocenters. The molecule has 0 aliphatic carbocycles. The minimum absolute atomic E-state index is 0.0761. The van der Waals surface area contributed by atoms with Crippen molar-refractivity contribution in [2.75, 3.05) is 0 Å². The van der Waals surface area contributed by atoms with E-state index in [-0.39, 0.29) is 5.75 Å². The van der Waals surface area contributed by atoms with E-state index >= 15 is 0 Å². The first-order chi connectivity index (χ1) is 10.0. The van der Waals surface area contributed by atoms with E-state index in [1.165, 1.54) is 6.07 Å². The number of ether oxygens (including phenoxy) is 1. The lowest BCUT2D eigenvalue weighted by molar-refractivity contribution is -0.0506. The van der Waals surface area contributed by atoms with Gasteiger partial charge in [0.15, 0.2) is 0 Å². The summed E-state index contributed by atoms with van der Waals surface area (Å²) < 4.78 is 29.5. The maximum atomic E-state index is 12.5. The number of alkyl halides is 2. The van der Waals surface area contributed by atoms with Crippen molar-refractivity contribution in [1.82, 2.24) is 5.43 Å². The van der Waals surface area contributed by atoms with Gasteiger partial charge < -0.3 is 4.74 Å². The Balaban J connectivity index is 2.43. The van der Waals surface area contributed by atoms with Gasteiger partial charge in [0.1, 0.15) is 5.75 Å². The van der Waals surface area contributed by atoms with Crippen LogP contribution in [-0.2, 0) is 0 Å². The first-order valence-electron chi connectivity index (χ1n) is 6.29. The Labute approximate surface area is 126 Å². The monoisotopic (exact) mass is 312 g/mol. The predicted molar refractivity (Wildman–Crippen MR) is 78.4 cm³/mol. The molecule has 112 valence electrons. The van der Waals surface area contributed by atoms with Crippen LogP contribution in [-0.4, -0.2) is 6.61 Å². The van der Waals surface area contributed by atoms with Crippen LogP contribution in [0.25, 0.3) is 0 Å². The number of hydrazine groups is 1. The molecular formula is C15H15ClF2N2O. The van der Waals surface area contributed by atoms with Crippen molar-refractivity contribution in [3.63, 3.8) is 0 Å². The number of aryl methyl sites for hydroxylation is 1. The van der Waals surface area contributed by atoms with Crippen LogP contribution in [0.2, 0.25) is 5.02 Å². The summed E-state index contributed by atoms with van der Waals surface area (Å²) >= 11 is 6.11. The van der Waals surface area contributed by atoms with E-state index in [2.05, 4.69) is 10.2 Å². The van der Waals surface area contributed by atoms with Gasteiger partial charge in [-0.15, -0.1) is 0 Å². The van der Waals surface area contributed by atoms with Crippen molar-refractivity contribution in [3.05, 3.63) is 64.2 Å². The molecule has 3 nitrogen and oxygen atoms in total. The average Bonchev–Trinajstić information content (AvgIpc) is 2.44. The fourth-order valence-electron chi connectivity index (χ4n) is 2.08. The number of benzene rings is 2. The molecular weight excluding hydrogens is 298 g/mol. The lowest BCUT2D eigenvalue weighted by Crippen LogP contribution is -2.29. The lowest BCUT2D eigenvalue weighted by Gasteiger charge is -2.20. The van der Waals surface area contributed by atoms with Gasteiger partial charge in [0.05, 0.1) is 6.04 Å². The molecule has 0 spiro atoms. The second-order valence-corrected chi connectivity index (χ2v) is 4.93. The second kappa shape index (κ2) is 6.85. The SMILES string of the molecule is Cc1ccc(C(NN)c2ccccc2OC(F)F)cc1Cl. The number of hydrogen-bond donors (Lipinski definition) is 2. The van der Waals surface area contributed by atoms with Crippen LogP contribution in [0.1, 0.15) is 22.7 Å². The van der Waals surface area contributed by atoms with Crippen LogP contribution in [0.3, 0.4) is 0 Å². The minimum atomic E-state index is -2.90. The number of nitrogens with one attached hydrogen (secondary N) is 1. The Kier molecular flexibility index (Phi) is 5.12. The molecule has 0 saturated carbocycles. The molecule has 0 amide bonds. The summed E-state index contributed by atoms with van der Waals surface area (Å²) in [5, 5.41) is 0.583. The van der Waals surface area contributed by atoms with Gasteiger partial charge in [-0.25, -0.2) is 5.43 Å². The van der Waals surface area contributed by atoms with Crippen LogP contribution in [0.4, 0.5) is 8.78 Å². The van der Waals surface area contributed by atoms with E-state index in [0.717, 1.165) is 11.1 Å². The van der Waals surface area contributed by atoms with E-state index < -0.39 is 12.7 Å². The molecule has 2 aromatic rings. The standard InChI is InChI=1S/C15H15ClF2N2O/c1-9-6-7-10(8-12(9)16)14(20-19)11-4-2-3-5-13(11)21-15(17)18/h2-8,14-15,20H,19H2,1H3. The normalized spacial score (nSPS) is 12.5. The molecule has 0 radical (unpaired) electrons. The maximum Gasteiger partial charge on any atom is 0.387 e. The van der Waals surface area contributed by atoms with Gasteiger partial charge in [-0.3, -0.25) is 5.84 Å². The smallest absolute Gasteiger partial charge is 0.387 e. The van der Waals surface area contributed by atoms with Crippen molar-refractivity contribution < 1.29 is 13.5 Å². The molecule has 2 rings (SSSR count). The summed E-state index contributed by atoms with van der Waals surface area (Å²) in [4.78, 5) is 0. The zero-order chi connectivity index (χ0) is 15.4. The van der Waals surface area contributed by atoms with E-state index in [1.54, 1.807) is 24.3 Å². The third-order valence-electron chi connectivity index (χ3n) is 3.14. The van der Waals surface area contributed by atoms with E-state index in [0.29, 0.717) is 10.6 Å². The van der Waals surface area contributed by atoms with Crippen LogP contribution in [0, 0.1) is 6.92 Å². The highest BCUT2D eigenvalue weighted by atomic mass is 35.5. The number of halogens is 3. The van der Waals surface area contributed by atoms with Gasteiger partial charge in [0.2, 0.25) is 0 Å². The summed E-state index contributed by atoms with van der Waals surface area (Å²) in [6.45, 7) is -1.02. The third kappa shape index (κ3) is 3.69. The van der Waals surface area contributed by atoms with E-state index in [9.17, 15) is 8.78 Å². The van der Waals surface area contributed by atoms with Gasteiger partial charge in [0.25, 0.3) is 0 Å². The third-order valence-corrected chi connectivity index (χ3v) is 3.55. The summed E-state index contributed by atoms with van der Waals surface area (Å²) in [6, 6.07) is 11.4. The van der Waals surface area contributed by atoms with Gasteiger partial charge in [-0.2, -0.15) is 8.78 Å². The zero-order valence-electron chi connectivity index (χ0n) is 11.3. The molecule has 0 heterocycles. The Morgan fingerprint density at radius 3 is 2.52 bits per heavy atom. The highest BCUT2D eigenvalue weighted by Crippen LogP contribution is 2.32. The molecule has 0 bridgehead atoms. The van der Waals surface area contributed by atoms with Gasteiger partial charge in [-0.05, 0) is 30.2 Å². The number of rotatable bonds is 5. The Bertz CT molecular complexity index is 622. The van der Waals surface area contributed by atoms with Gasteiger partial charge in [-0.1, -0.05) is 41.9 Å². The fraction of sp³-hybridized carbons (Fsp3) is 0.200. The van der Waals surface area contributed by atoms with Crippen LogP contribution in [0.5, 0.6) is 5.75 Å². The van der Waals surface area contributed by atoms with Crippen molar-refractivity contribution in [2.45, 2.75) is 19.6 Å². The van der Waals surface area contributed by atoms with Crippen molar-refractivity contribution >= 4 is 11.6 Å². The Morgan fingerprint density at radius 1 is 1.19 bits per heavy atom. The minimum Gasteiger partial charge on any atom is -0.434 e. The lowest BCUT2D eigenvalue weighted by atomic mass is 9.97. The molecule has 1 atom stereocenters. The molecule has 0 aliphatic rings. The van der Waals surface area contributed by atoms with Crippen LogP contribution in [0.15, 0.2) is 42.5 Å². The van der Waals surface area contributed by atoms with Crippen LogP contribution < -0.4 is 16.0 Å². The molecule has 0 aliphatic heterocycles. The summed E-state index contributed by atoms with van der Waals surface area (Å²) in [5.74, 6) is 5.66. The molecule has 21 heavy (non-hydrogen) atoms. The highest BCUT2D eigenvalue weighted by molar-refractivity contribution is 6.31. The first kappa shape index (κ1) is 15.7. The van der Waals surface area contributed by atoms with E-state index in [1.807, 2.05) is 19.1 Å². The molecule has 2 aromatic carbocycles. The average molecular weight is 313 g/mol. The maximum absolute atomic E-state index is 12.5. The molecule has 0 aromatic heterocycles. The van der Waals surface area contributed by atoms with Crippen molar-refractivity contribution in [3.8, 4) is 5.75 Å². The zero-order valence-corrected chi connectivity index (χ0v) is 12.1. The largest absolute Gasteiger partial charge is 0.434 e. The molecule has 0 fully saturated rings. The molecule has 6 heteroatoms. The summed E-state index contributed by atoms with van der Waals surface area (Å²) in [5.41, 5.74) is 4.81. The van der Waals surface area contributed by atoms with Crippen molar-refractivity contribution in [1.29, 1.82) is 0 Å². The van der Waals surface area contributed by atoms with Crippen molar-refractivity contribution in [2.24, 2.45) is 5.84 Å². The number of nitrogens with two attached hydrogens (primary N) is 1. The number of hydrogen-bond acceptors (Lipinski definition) is 3. The fourth-order valence-corrected chi connectivity index (χ4v) is 2.27. The number of para-hydroxylation sites is 1. The molecule has 0 saturated heterocycles. The Morgan fingerprint density at radius 2 is 1.90 bits per heavy atom. The topological polar surface area (TPSA) is 47.3 Å². The summed E-state index contributed by atoms with van der Waals surface area (Å²) in [6.07, 6.45) is 0. The Hall–Kier alpha value is -1.69. The highest BCUT2D eigenvalue weighted by Gasteiger charge is 2.19. The van der Waals surface area contributed by atoms with Crippen LogP contribution >= 0.6 is 11.6 Å².